The molecule has 3 saturated heterocycles. The zero-order valence-corrected chi connectivity index (χ0v) is 10.2. The van der Waals surface area contributed by atoms with E-state index in [1.54, 1.807) is 0 Å². The second-order valence-electron chi connectivity index (χ2n) is 5.22. The molecule has 3 aliphatic rings. The largest absolute Gasteiger partial charge is 0.348 e. The van der Waals surface area contributed by atoms with Crippen molar-refractivity contribution in [2.45, 2.75) is 18.9 Å². The summed E-state index contributed by atoms with van der Waals surface area (Å²) in [5.74, 6) is 0.211. The highest BCUT2D eigenvalue weighted by molar-refractivity contribution is 5.94. The third-order valence-electron chi connectivity index (χ3n) is 4.08. The number of nitrogens with one attached hydrogen (secondary N) is 1. The monoisotopic (exact) mass is 247 g/mol. The van der Waals surface area contributed by atoms with Crippen molar-refractivity contribution in [3.05, 3.63) is 35.6 Å². The lowest BCUT2D eigenvalue weighted by Crippen LogP contribution is -2.57. The van der Waals surface area contributed by atoms with Crippen LogP contribution in [0.2, 0.25) is 0 Å². The third kappa shape index (κ3) is 2.25. The molecule has 96 valence electrons. The van der Waals surface area contributed by atoms with Crippen molar-refractivity contribution in [2.75, 3.05) is 19.6 Å². The summed E-state index contributed by atoms with van der Waals surface area (Å²) in [6.45, 7) is 3.28. The van der Waals surface area contributed by atoms with E-state index in [4.69, 9.17) is 0 Å². The van der Waals surface area contributed by atoms with Crippen molar-refractivity contribution >= 4 is 5.91 Å². The van der Waals surface area contributed by atoms with Gasteiger partial charge in [-0.25, -0.2) is 4.39 Å². The van der Waals surface area contributed by atoms with Crippen LogP contribution >= 0.6 is 0 Å². The summed E-state index contributed by atoms with van der Waals surface area (Å²) in [4.78, 5) is 14.4. The minimum atomic E-state index is -0.311. The molecule has 2 bridgehead atoms. The molecule has 0 unspecified atom stereocenters. The van der Waals surface area contributed by atoms with E-state index in [0.717, 1.165) is 19.6 Å². The van der Waals surface area contributed by atoms with Gasteiger partial charge in [-0.1, -0.05) is 0 Å². The smallest absolute Gasteiger partial charge is 0.251 e. The van der Waals surface area contributed by atoms with Crippen LogP contribution in [-0.4, -0.2) is 36.5 Å². The summed E-state index contributed by atoms with van der Waals surface area (Å²) < 4.78 is 12.8. The summed E-state index contributed by atoms with van der Waals surface area (Å²) in [6, 6.07) is 5.97. The van der Waals surface area contributed by atoms with E-state index in [0.29, 0.717) is 11.5 Å². The minimum absolute atomic E-state index is 0.0891. The number of rotatable bonds is 2. The maximum atomic E-state index is 12.8. The maximum absolute atomic E-state index is 12.8. The lowest BCUT2D eigenvalue weighted by atomic mass is 9.84. The van der Waals surface area contributed by atoms with Gasteiger partial charge in [-0.15, -0.1) is 0 Å². The van der Waals surface area contributed by atoms with Gasteiger partial charge in [-0.05, 0) is 56.1 Å². The van der Waals surface area contributed by atoms with Gasteiger partial charge in [-0.3, -0.25) is 4.79 Å². The summed E-state index contributed by atoms with van der Waals surface area (Å²) >= 11 is 0. The summed E-state index contributed by atoms with van der Waals surface area (Å²) in [6.07, 6.45) is 2.35. The van der Waals surface area contributed by atoms with Gasteiger partial charge < -0.3 is 10.2 Å². The van der Waals surface area contributed by atoms with Gasteiger partial charge in [0.15, 0.2) is 0 Å². The number of piperidine rings is 3. The lowest BCUT2D eigenvalue weighted by Gasteiger charge is -2.44. The zero-order valence-electron chi connectivity index (χ0n) is 10.2. The molecule has 4 heteroatoms. The number of amides is 1. The molecular formula is C14H17FN2O. The number of hydrogen-bond acceptors (Lipinski definition) is 2. The van der Waals surface area contributed by atoms with E-state index in [-0.39, 0.29) is 17.8 Å². The number of hydrogen-bond donors (Lipinski definition) is 1. The number of carbonyl (C=O) groups is 1. The van der Waals surface area contributed by atoms with Crippen LogP contribution in [0.25, 0.3) is 0 Å². The van der Waals surface area contributed by atoms with Gasteiger partial charge in [0.05, 0.1) is 0 Å². The van der Waals surface area contributed by atoms with Crippen LogP contribution in [0.1, 0.15) is 23.2 Å². The quantitative estimate of drug-likeness (QED) is 0.862. The zero-order chi connectivity index (χ0) is 12.5. The summed E-state index contributed by atoms with van der Waals surface area (Å²) in [7, 11) is 0. The molecule has 1 atom stereocenters. The van der Waals surface area contributed by atoms with Crippen molar-refractivity contribution in [3.63, 3.8) is 0 Å². The Balaban J connectivity index is 1.66. The van der Waals surface area contributed by atoms with Crippen molar-refractivity contribution in [2.24, 2.45) is 5.92 Å². The average molecular weight is 247 g/mol. The standard InChI is InChI=1S/C14H17FN2O/c15-12-3-1-11(2-4-12)14(18)16-13-9-17-7-5-10(13)6-8-17/h1-4,10,13H,5-9H2,(H,16,18)/t13-/m0/s1/i15-1. The van der Waals surface area contributed by atoms with Crippen LogP contribution in [0.5, 0.6) is 0 Å². The first-order chi connectivity index (χ1) is 8.72. The molecular weight excluding hydrogens is 230 g/mol. The molecule has 0 saturated carbocycles. The molecule has 1 N–H and O–H groups in total. The third-order valence-corrected chi connectivity index (χ3v) is 4.08. The number of halogens is 1. The first-order valence-corrected chi connectivity index (χ1v) is 6.51. The fourth-order valence-corrected chi connectivity index (χ4v) is 2.98. The molecule has 3 fully saturated rings. The Kier molecular flexibility index (Phi) is 3.04. The average Bonchev–Trinajstić information content (AvgIpc) is 2.41. The number of fused-ring (bicyclic) bond motifs is 3. The molecule has 0 aromatic heterocycles. The molecule has 1 aromatic rings. The van der Waals surface area contributed by atoms with Gasteiger partial charge >= 0.3 is 0 Å². The van der Waals surface area contributed by atoms with Crippen molar-refractivity contribution in [3.8, 4) is 0 Å². The van der Waals surface area contributed by atoms with Gasteiger partial charge in [-0.2, -0.15) is 0 Å². The SMILES string of the molecule is O=C(N[C@H]1CN2CCC1CC2)c1ccc([18F])cc1. The van der Waals surface area contributed by atoms with E-state index in [1.807, 2.05) is 0 Å². The van der Waals surface area contributed by atoms with Crippen LogP contribution in [0.4, 0.5) is 4.39 Å². The number of benzene rings is 1. The fraction of sp³-hybridized carbons (Fsp3) is 0.500. The topological polar surface area (TPSA) is 32.3 Å². The Labute approximate surface area is 106 Å². The molecule has 0 radical (unpaired) electrons. The van der Waals surface area contributed by atoms with E-state index in [1.165, 1.54) is 37.1 Å². The molecule has 3 heterocycles. The van der Waals surface area contributed by atoms with Crippen molar-refractivity contribution in [1.29, 1.82) is 0 Å². The van der Waals surface area contributed by atoms with Gasteiger partial charge in [0.25, 0.3) is 5.91 Å². The highest BCUT2D eigenvalue weighted by atomic mass is 18.2. The second-order valence-corrected chi connectivity index (χ2v) is 5.22. The Morgan fingerprint density at radius 3 is 2.44 bits per heavy atom. The second kappa shape index (κ2) is 4.69. The molecule has 0 spiro atoms. The van der Waals surface area contributed by atoms with Crippen LogP contribution in [0.15, 0.2) is 24.3 Å². The Morgan fingerprint density at radius 1 is 1.22 bits per heavy atom. The van der Waals surface area contributed by atoms with Crippen molar-refractivity contribution < 1.29 is 9.18 Å². The minimum Gasteiger partial charge on any atom is -0.348 e. The normalized spacial score (nSPS) is 30.2. The fourth-order valence-electron chi connectivity index (χ4n) is 2.98. The van der Waals surface area contributed by atoms with Crippen LogP contribution in [0.3, 0.4) is 0 Å². The summed E-state index contributed by atoms with van der Waals surface area (Å²) in [5, 5.41) is 3.08. The molecule has 3 nitrogen and oxygen atoms in total. The van der Waals surface area contributed by atoms with Crippen LogP contribution in [0, 0.1) is 11.7 Å². The lowest BCUT2D eigenvalue weighted by molar-refractivity contribution is 0.0620. The van der Waals surface area contributed by atoms with Gasteiger partial charge in [0.1, 0.15) is 5.82 Å². The van der Waals surface area contributed by atoms with Crippen LogP contribution < -0.4 is 5.32 Å². The van der Waals surface area contributed by atoms with Crippen molar-refractivity contribution in [1.82, 2.24) is 10.2 Å². The van der Waals surface area contributed by atoms with E-state index < -0.39 is 0 Å². The van der Waals surface area contributed by atoms with E-state index in [9.17, 15) is 9.18 Å². The number of nitrogens with zero attached hydrogens (tertiary/aromatic N) is 1. The Hall–Kier alpha value is -1.42. The first-order valence-electron chi connectivity index (χ1n) is 6.51. The number of carbonyl (C=O) groups excluding carboxylic acids is 1. The Morgan fingerprint density at radius 2 is 1.89 bits per heavy atom. The molecule has 0 aliphatic carbocycles. The van der Waals surface area contributed by atoms with Gasteiger partial charge in [0.2, 0.25) is 0 Å². The predicted octanol–water partition coefficient (Wildman–Crippen LogP) is 1.65. The van der Waals surface area contributed by atoms with Gasteiger partial charge in [0, 0.05) is 18.2 Å². The maximum Gasteiger partial charge on any atom is 0.251 e. The summed E-state index contributed by atoms with van der Waals surface area (Å²) in [5.41, 5.74) is 0.535. The van der Waals surface area contributed by atoms with E-state index in [2.05, 4.69) is 10.2 Å². The molecule has 1 aromatic carbocycles. The van der Waals surface area contributed by atoms with E-state index >= 15 is 0 Å². The highest BCUT2D eigenvalue weighted by Gasteiger charge is 2.34. The highest BCUT2D eigenvalue weighted by Crippen LogP contribution is 2.27. The molecule has 4 rings (SSSR count). The molecule has 18 heavy (non-hydrogen) atoms. The Bertz CT molecular complexity index is 438. The molecule has 1 amide bonds. The van der Waals surface area contributed by atoms with Crippen LogP contribution in [-0.2, 0) is 0 Å². The first kappa shape index (κ1) is 11.7. The molecule has 3 aliphatic heterocycles. The predicted molar refractivity (Wildman–Crippen MR) is 66.8 cm³/mol.